The van der Waals surface area contributed by atoms with Crippen LogP contribution in [0.15, 0.2) is 54.6 Å². The average molecular weight is 324 g/mol. The van der Waals surface area contributed by atoms with Gasteiger partial charge in [0.1, 0.15) is 5.75 Å². The van der Waals surface area contributed by atoms with Crippen molar-refractivity contribution in [2.45, 2.75) is 13.3 Å². The molecule has 0 aliphatic rings. The van der Waals surface area contributed by atoms with Crippen molar-refractivity contribution in [3.63, 3.8) is 0 Å². The summed E-state index contributed by atoms with van der Waals surface area (Å²) < 4.78 is 9.74. The smallest absolute Gasteiger partial charge is 0.343 e. The second kappa shape index (κ2) is 8.67. The molecule has 0 radical (unpaired) electrons. The quantitative estimate of drug-likeness (QED) is 0.443. The maximum atomic E-state index is 12.2. The molecule has 4 nitrogen and oxygen atoms in total. The van der Waals surface area contributed by atoms with Crippen LogP contribution >= 0.6 is 0 Å². The Morgan fingerprint density at radius 1 is 1.00 bits per heavy atom. The summed E-state index contributed by atoms with van der Waals surface area (Å²) >= 11 is 0. The van der Waals surface area contributed by atoms with Gasteiger partial charge in [-0.25, -0.2) is 4.79 Å². The highest BCUT2D eigenvalue weighted by atomic mass is 16.6. The number of benzene rings is 2. The van der Waals surface area contributed by atoms with Crippen molar-refractivity contribution in [2.75, 3.05) is 13.7 Å². The lowest BCUT2D eigenvalue weighted by atomic mass is 10.1. The zero-order valence-corrected chi connectivity index (χ0v) is 13.8. The van der Waals surface area contributed by atoms with E-state index >= 15 is 0 Å². The van der Waals surface area contributed by atoms with E-state index in [1.807, 2.05) is 12.1 Å². The van der Waals surface area contributed by atoms with Crippen LogP contribution in [0.1, 0.15) is 28.4 Å². The maximum Gasteiger partial charge on any atom is 0.343 e. The third-order valence-corrected chi connectivity index (χ3v) is 3.54. The first-order chi connectivity index (χ1) is 11.6. The fraction of sp³-hybridized carbons (Fsp3) is 0.200. The van der Waals surface area contributed by atoms with E-state index in [-0.39, 0.29) is 12.4 Å². The lowest BCUT2D eigenvalue weighted by molar-refractivity contribution is -0.142. The molecule has 0 bridgehead atoms. The highest BCUT2D eigenvalue weighted by molar-refractivity contribution is 6.06. The predicted molar refractivity (Wildman–Crippen MR) is 93.1 cm³/mol. The molecule has 0 unspecified atom stereocenters. The first-order valence-electron chi connectivity index (χ1n) is 7.73. The van der Waals surface area contributed by atoms with Crippen LogP contribution in [0.3, 0.4) is 0 Å². The highest BCUT2D eigenvalue weighted by Crippen LogP contribution is 2.14. The molecule has 0 aliphatic heterocycles. The van der Waals surface area contributed by atoms with Gasteiger partial charge in [0.05, 0.1) is 7.11 Å². The van der Waals surface area contributed by atoms with Gasteiger partial charge >= 0.3 is 5.97 Å². The van der Waals surface area contributed by atoms with Crippen molar-refractivity contribution in [3.05, 3.63) is 71.3 Å². The Balaban J connectivity index is 1.96. The number of methoxy groups -OCH3 is 1. The van der Waals surface area contributed by atoms with Gasteiger partial charge in [0.15, 0.2) is 12.4 Å². The number of aryl methyl sites for hydroxylation is 1. The van der Waals surface area contributed by atoms with Gasteiger partial charge in [-0.2, -0.15) is 0 Å². The van der Waals surface area contributed by atoms with E-state index < -0.39 is 5.97 Å². The highest BCUT2D eigenvalue weighted by Gasteiger charge is 2.04. The normalized spacial score (nSPS) is 10.6. The van der Waals surface area contributed by atoms with E-state index in [4.69, 9.17) is 4.74 Å². The molecule has 0 N–H and O–H groups in total. The number of ether oxygens (including phenoxy) is 2. The number of allylic oxidation sites excluding steroid dienone is 1. The van der Waals surface area contributed by atoms with E-state index in [0.29, 0.717) is 11.3 Å². The summed E-state index contributed by atoms with van der Waals surface area (Å²) in [5.74, 6) is -0.0302. The molecule has 0 spiro atoms. The molecule has 2 aromatic carbocycles. The standard InChI is InChI=1S/C20H20O4/c1-3-15-4-6-16(7-5-15)8-13-19(21)17-9-11-18(12-10-17)24-14-20(22)23-2/h4-13H,3,14H2,1-2H3. The van der Waals surface area contributed by atoms with Crippen LogP contribution in [-0.4, -0.2) is 25.5 Å². The Bertz CT molecular complexity index is 712. The van der Waals surface area contributed by atoms with Crippen LogP contribution in [0, 0.1) is 0 Å². The van der Waals surface area contributed by atoms with Gasteiger partial charge in [-0.3, -0.25) is 4.79 Å². The molecule has 0 amide bonds. The van der Waals surface area contributed by atoms with Crippen molar-refractivity contribution in [1.29, 1.82) is 0 Å². The summed E-state index contributed by atoms with van der Waals surface area (Å²) in [5.41, 5.74) is 2.81. The van der Waals surface area contributed by atoms with E-state index in [0.717, 1.165) is 12.0 Å². The molecular weight excluding hydrogens is 304 g/mol. The summed E-state index contributed by atoms with van der Waals surface area (Å²) in [7, 11) is 1.30. The maximum absolute atomic E-state index is 12.2. The minimum atomic E-state index is -0.452. The average Bonchev–Trinajstić information content (AvgIpc) is 2.64. The largest absolute Gasteiger partial charge is 0.482 e. The predicted octanol–water partition coefficient (Wildman–Crippen LogP) is 3.70. The summed E-state index contributed by atoms with van der Waals surface area (Å²) in [4.78, 5) is 23.2. The Labute approximate surface area is 141 Å². The Morgan fingerprint density at radius 3 is 2.25 bits per heavy atom. The van der Waals surface area contributed by atoms with Gasteiger partial charge in [0.2, 0.25) is 0 Å². The molecule has 0 aromatic heterocycles. The van der Waals surface area contributed by atoms with E-state index in [1.54, 1.807) is 36.4 Å². The fourth-order valence-corrected chi connectivity index (χ4v) is 2.05. The summed E-state index contributed by atoms with van der Waals surface area (Å²) in [6.07, 6.45) is 4.34. The van der Waals surface area contributed by atoms with Crippen molar-refractivity contribution in [2.24, 2.45) is 0 Å². The van der Waals surface area contributed by atoms with Crippen LogP contribution in [-0.2, 0) is 16.0 Å². The molecule has 2 rings (SSSR count). The topological polar surface area (TPSA) is 52.6 Å². The van der Waals surface area contributed by atoms with Gasteiger partial charge in [-0.15, -0.1) is 0 Å². The molecule has 124 valence electrons. The van der Waals surface area contributed by atoms with E-state index in [1.165, 1.54) is 12.7 Å². The van der Waals surface area contributed by atoms with Crippen molar-refractivity contribution < 1.29 is 19.1 Å². The van der Waals surface area contributed by atoms with Crippen LogP contribution < -0.4 is 4.74 Å². The molecular formula is C20H20O4. The zero-order chi connectivity index (χ0) is 17.4. The summed E-state index contributed by atoms with van der Waals surface area (Å²) in [6.45, 7) is 1.95. The number of carbonyl (C=O) groups is 2. The minimum Gasteiger partial charge on any atom is -0.482 e. The molecule has 2 aromatic rings. The number of rotatable bonds is 7. The van der Waals surface area contributed by atoms with Gasteiger partial charge in [0.25, 0.3) is 0 Å². The number of ketones is 1. The molecule has 0 saturated heterocycles. The second-order valence-corrected chi connectivity index (χ2v) is 5.18. The van der Waals surface area contributed by atoms with Crippen LogP contribution in [0.5, 0.6) is 5.75 Å². The van der Waals surface area contributed by atoms with Crippen molar-refractivity contribution in [1.82, 2.24) is 0 Å². The summed E-state index contributed by atoms with van der Waals surface area (Å²) in [5, 5.41) is 0. The van der Waals surface area contributed by atoms with Crippen LogP contribution in [0.25, 0.3) is 6.08 Å². The molecule has 0 aliphatic carbocycles. The Hall–Kier alpha value is -2.88. The van der Waals surface area contributed by atoms with Gasteiger partial charge in [0, 0.05) is 5.56 Å². The first kappa shape index (κ1) is 17.5. The third-order valence-electron chi connectivity index (χ3n) is 3.54. The molecule has 0 heterocycles. The number of hydrogen-bond donors (Lipinski definition) is 0. The lowest BCUT2D eigenvalue weighted by Crippen LogP contribution is -2.12. The van der Waals surface area contributed by atoms with E-state index in [9.17, 15) is 9.59 Å². The van der Waals surface area contributed by atoms with Gasteiger partial charge in [-0.05, 0) is 47.9 Å². The first-order valence-corrected chi connectivity index (χ1v) is 7.73. The van der Waals surface area contributed by atoms with E-state index in [2.05, 4.69) is 23.8 Å². The lowest BCUT2D eigenvalue weighted by Gasteiger charge is -2.05. The SMILES string of the molecule is CCc1ccc(C=CC(=O)c2ccc(OCC(=O)OC)cc2)cc1. The molecule has 0 fully saturated rings. The Kier molecular flexibility index (Phi) is 6.32. The third kappa shape index (κ3) is 5.09. The second-order valence-electron chi connectivity index (χ2n) is 5.18. The molecule has 0 atom stereocenters. The number of hydrogen-bond acceptors (Lipinski definition) is 4. The Morgan fingerprint density at radius 2 is 1.67 bits per heavy atom. The molecule has 24 heavy (non-hydrogen) atoms. The monoisotopic (exact) mass is 324 g/mol. The zero-order valence-electron chi connectivity index (χ0n) is 13.8. The number of carbonyl (C=O) groups excluding carboxylic acids is 2. The van der Waals surface area contributed by atoms with Crippen LogP contribution in [0.2, 0.25) is 0 Å². The summed E-state index contributed by atoms with van der Waals surface area (Å²) in [6, 6.07) is 14.7. The van der Waals surface area contributed by atoms with Gasteiger partial charge < -0.3 is 9.47 Å². The van der Waals surface area contributed by atoms with Crippen molar-refractivity contribution in [3.8, 4) is 5.75 Å². The molecule has 4 heteroatoms. The number of esters is 1. The fourth-order valence-electron chi connectivity index (χ4n) is 2.05. The van der Waals surface area contributed by atoms with Gasteiger partial charge in [-0.1, -0.05) is 37.3 Å². The van der Waals surface area contributed by atoms with Crippen LogP contribution in [0.4, 0.5) is 0 Å². The van der Waals surface area contributed by atoms with Crippen molar-refractivity contribution >= 4 is 17.8 Å². The molecule has 0 saturated carbocycles. The minimum absolute atomic E-state index is 0.0888.